The average molecular weight is 311 g/mol. The van der Waals surface area contributed by atoms with Gasteiger partial charge in [-0.05, 0) is 30.2 Å². The maximum Gasteiger partial charge on any atom is 0.248 e. The van der Waals surface area contributed by atoms with E-state index in [1.807, 2.05) is 19.1 Å². The summed E-state index contributed by atoms with van der Waals surface area (Å²) in [6.45, 7) is 1.89. The molecule has 0 aliphatic rings. The van der Waals surface area contributed by atoms with Gasteiger partial charge in [0, 0.05) is 13.6 Å². The zero-order chi connectivity index (χ0) is 15.6. The van der Waals surface area contributed by atoms with Crippen molar-refractivity contribution in [3.63, 3.8) is 0 Å². The van der Waals surface area contributed by atoms with Crippen molar-refractivity contribution in [2.75, 3.05) is 7.05 Å². The molecular formula is C15H15F2NO2S. The van der Waals surface area contributed by atoms with Crippen molar-refractivity contribution in [3.05, 3.63) is 65.2 Å². The highest BCUT2D eigenvalue weighted by Crippen LogP contribution is 2.23. The van der Waals surface area contributed by atoms with E-state index in [0.29, 0.717) is 0 Å². The van der Waals surface area contributed by atoms with Crippen LogP contribution in [-0.4, -0.2) is 19.8 Å². The third kappa shape index (κ3) is 3.11. The summed E-state index contributed by atoms with van der Waals surface area (Å²) in [6.07, 6.45) is 0. The van der Waals surface area contributed by atoms with E-state index in [0.717, 1.165) is 33.6 Å². The Bertz CT molecular complexity index is 740. The molecule has 0 fully saturated rings. The molecule has 0 aliphatic carbocycles. The minimum atomic E-state index is -4.23. The molecule has 0 radical (unpaired) electrons. The van der Waals surface area contributed by atoms with Gasteiger partial charge in [-0.3, -0.25) is 0 Å². The van der Waals surface area contributed by atoms with Crippen LogP contribution in [0.2, 0.25) is 0 Å². The van der Waals surface area contributed by atoms with Crippen molar-refractivity contribution in [2.24, 2.45) is 0 Å². The van der Waals surface area contributed by atoms with Crippen molar-refractivity contribution < 1.29 is 17.2 Å². The minimum Gasteiger partial charge on any atom is -0.207 e. The Balaban J connectivity index is 2.38. The second-order valence-corrected chi connectivity index (χ2v) is 6.72. The van der Waals surface area contributed by atoms with Crippen LogP contribution >= 0.6 is 0 Å². The summed E-state index contributed by atoms with van der Waals surface area (Å²) in [7, 11) is -2.93. The van der Waals surface area contributed by atoms with Crippen LogP contribution in [0.15, 0.2) is 47.4 Å². The maximum absolute atomic E-state index is 13.7. The molecule has 0 saturated carbocycles. The monoisotopic (exact) mass is 311 g/mol. The highest BCUT2D eigenvalue weighted by Gasteiger charge is 2.28. The van der Waals surface area contributed by atoms with Crippen LogP contribution in [0.3, 0.4) is 0 Å². The van der Waals surface area contributed by atoms with Gasteiger partial charge in [0.05, 0.1) is 0 Å². The SMILES string of the molecule is Cc1ccccc1CN(C)S(=O)(=O)c1c(F)cccc1F. The summed E-state index contributed by atoms with van der Waals surface area (Å²) < 4.78 is 53.0. The number of benzene rings is 2. The lowest BCUT2D eigenvalue weighted by molar-refractivity contribution is 0.447. The predicted molar refractivity (Wildman–Crippen MR) is 76.2 cm³/mol. The van der Waals surface area contributed by atoms with Crippen molar-refractivity contribution in [1.29, 1.82) is 0 Å². The van der Waals surface area contributed by atoms with E-state index in [1.54, 1.807) is 12.1 Å². The molecule has 0 aliphatic heterocycles. The van der Waals surface area contributed by atoms with Gasteiger partial charge < -0.3 is 0 Å². The van der Waals surface area contributed by atoms with Crippen LogP contribution < -0.4 is 0 Å². The number of hydrogen-bond donors (Lipinski definition) is 0. The molecule has 0 heterocycles. The highest BCUT2D eigenvalue weighted by atomic mass is 32.2. The summed E-state index contributed by atoms with van der Waals surface area (Å²) in [6, 6.07) is 10.2. The lowest BCUT2D eigenvalue weighted by Gasteiger charge is -2.19. The molecule has 2 aromatic rings. The standard InChI is InChI=1S/C15H15F2NO2S/c1-11-6-3-4-7-12(11)10-18(2)21(19,20)15-13(16)8-5-9-14(15)17/h3-9H,10H2,1-2H3. The van der Waals surface area contributed by atoms with E-state index in [-0.39, 0.29) is 6.54 Å². The molecule has 0 spiro atoms. The van der Waals surface area contributed by atoms with Gasteiger partial charge in [0.2, 0.25) is 10.0 Å². The quantitative estimate of drug-likeness (QED) is 0.870. The lowest BCUT2D eigenvalue weighted by Crippen LogP contribution is -2.28. The second-order valence-electron chi connectivity index (χ2n) is 4.74. The Hall–Kier alpha value is -1.79. The zero-order valence-corrected chi connectivity index (χ0v) is 12.5. The smallest absolute Gasteiger partial charge is 0.207 e. The molecule has 2 rings (SSSR count). The molecule has 0 unspecified atom stereocenters. The van der Waals surface area contributed by atoms with E-state index in [1.165, 1.54) is 7.05 Å². The fraction of sp³-hybridized carbons (Fsp3) is 0.200. The number of aryl methyl sites for hydroxylation is 1. The molecule has 0 amide bonds. The third-order valence-corrected chi connectivity index (χ3v) is 5.10. The number of sulfonamides is 1. The van der Waals surface area contributed by atoms with Gasteiger partial charge in [-0.15, -0.1) is 0 Å². The molecule has 2 aromatic carbocycles. The highest BCUT2D eigenvalue weighted by molar-refractivity contribution is 7.89. The maximum atomic E-state index is 13.7. The van der Waals surface area contributed by atoms with Crippen molar-refractivity contribution in [1.82, 2.24) is 4.31 Å². The van der Waals surface area contributed by atoms with E-state index < -0.39 is 26.6 Å². The molecule has 0 N–H and O–H groups in total. The first-order valence-corrected chi connectivity index (χ1v) is 7.73. The Kier molecular flexibility index (Phi) is 4.39. The molecule has 112 valence electrons. The van der Waals surface area contributed by atoms with E-state index >= 15 is 0 Å². The van der Waals surface area contributed by atoms with Crippen molar-refractivity contribution in [2.45, 2.75) is 18.4 Å². The molecule has 0 bridgehead atoms. The van der Waals surface area contributed by atoms with Crippen LogP contribution in [0.25, 0.3) is 0 Å². The van der Waals surface area contributed by atoms with E-state index in [9.17, 15) is 17.2 Å². The fourth-order valence-electron chi connectivity index (χ4n) is 2.00. The zero-order valence-electron chi connectivity index (χ0n) is 11.7. The third-order valence-electron chi connectivity index (χ3n) is 3.24. The first-order chi connectivity index (χ1) is 9.84. The van der Waals surface area contributed by atoms with Crippen LogP contribution in [0.4, 0.5) is 8.78 Å². The van der Waals surface area contributed by atoms with E-state index in [4.69, 9.17) is 0 Å². The summed E-state index contributed by atoms with van der Waals surface area (Å²) >= 11 is 0. The number of halogens is 2. The number of hydrogen-bond acceptors (Lipinski definition) is 2. The molecule has 6 heteroatoms. The van der Waals surface area contributed by atoms with Gasteiger partial charge in [-0.25, -0.2) is 17.2 Å². The summed E-state index contributed by atoms with van der Waals surface area (Å²) in [5.41, 5.74) is 1.69. The topological polar surface area (TPSA) is 37.4 Å². The van der Waals surface area contributed by atoms with Gasteiger partial charge in [-0.2, -0.15) is 4.31 Å². The van der Waals surface area contributed by atoms with E-state index in [2.05, 4.69) is 0 Å². The van der Waals surface area contributed by atoms with Gasteiger partial charge in [-0.1, -0.05) is 30.3 Å². The Morgan fingerprint density at radius 1 is 1.00 bits per heavy atom. The van der Waals surface area contributed by atoms with Crippen molar-refractivity contribution in [3.8, 4) is 0 Å². The first kappa shape index (κ1) is 15.6. The molecule has 0 atom stereocenters. The van der Waals surface area contributed by atoms with Crippen molar-refractivity contribution >= 4 is 10.0 Å². The van der Waals surface area contributed by atoms with Gasteiger partial charge in [0.15, 0.2) is 4.90 Å². The Morgan fingerprint density at radius 3 is 2.14 bits per heavy atom. The average Bonchev–Trinajstić information content (AvgIpc) is 2.40. The minimum absolute atomic E-state index is 0.0444. The van der Waals surface area contributed by atoms with Crippen LogP contribution in [-0.2, 0) is 16.6 Å². The second kappa shape index (κ2) is 5.91. The number of rotatable bonds is 4. The molecule has 3 nitrogen and oxygen atoms in total. The predicted octanol–water partition coefficient (Wildman–Crippen LogP) is 3.09. The fourth-order valence-corrected chi connectivity index (χ4v) is 3.25. The molecule has 0 saturated heterocycles. The Morgan fingerprint density at radius 2 is 1.57 bits per heavy atom. The van der Waals surface area contributed by atoms with Crippen LogP contribution in [0.5, 0.6) is 0 Å². The molecular weight excluding hydrogens is 296 g/mol. The largest absolute Gasteiger partial charge is 0.248 e. The van der Waals surface area contributed by atoms with Gasteiger partial charge in [0.1, 0.15) is 11.6 Å². The van der Waals surface area contributed by atoms with Crippen LogP contribution in [0.1, 0.15) is 11.1 Å². The normalized spacial score (nSPS) is 11.9. The lowest BCUT2D eigenvalue weighted by atomic mass is 10.1. The first-order valence-electron chi connectivity index (χ1n) is 6.29. The number of nitrogens with zero attached hydrogens (tertiary/aromatic N) is 1. The summed E-state index contributed by atoms with van der Waals surface area (Å²) in [5.74, 6) is -2.18. The Labute approximate surface area is 122 Å². The van der Waals surface area contributed by atoms with Gasteiger partial charge >= 0.3 is 0 Å². The molecule has 21 heavy (non-hydrogen) atoms. The molecule has 0 aromatic heterocycles. The summed E-state index contributed by atoms with van der Waals surface area (Å²) in [4.78, 5) is -0.916. The van der Waals surface area contributed by atoms with Gasteiger partial charge in [0.25, 0.3) is 0 Å². The summed E-state index contributed by atoms with van der Waals surface area (Å²) in [5, 5.41) is 0. The van der Waals surface area contributed by atoms with Crippen LogP contribution in [0, 0.1) is 18.6 Å².